The minimum Gasteiger partial charge on any atom is -0.207 e. The fourth-order valence-electron chi connectivity index (χ4n) is 2.36. The molecule has 4 rings (SSSR count). The van der Waals surface area contributed by atoms with E-state index in [2.05, 4.69) is 51.0 Å². The molecule has 0 bridgehead atoms. The van der Waals surface area contributed by atoms with Gasteiger partial charge in [-0.1, -0.05) is 8.98 Å². The highest BCUT2D eigenvalue weighted by atomic mass is 79.9. The number of fused-ring (bicyclic) bond motifs is 2. The van der Waals surface area contributed by atoms with Gasteiger partial charge in [-0.25, -0.2) is 8.78 Å². The molecule has 0 spiro atoms. The molecule has 4 aromatic rings. The monoisotopic (exact) mass is 476 g/mol. The third-order valence-corrected chi connectivity index (χ3v) is 6.71. The molecule has 0 unspecified atom stereocenters. The molecular weight excluding hydrogens is 474 g/mol. The van der Waals surface area contributed by atoms with E-state index in [1.807, 2.05) is 0 Å². The zero-order chi connectivity index (χ0) is 16.1. The number of benzene rings is 2. The maximum Gasteiger partial charge on any atom is 0.130 e. The van der Waals surface area contributed by atoms with E-state index in [9.17, 15) is 8.78 Å². The van der Waals surface area contributed by atoms with Crippen LogP contribution in [0.25, 0.3) is 20.4 Å². The van der Waals surface area contributed by atoms with E-state index >= 15 is 0 Å². The molecule has 2 heterocycles. The van der Waals surface area contributed by atoms with E-state index in [1.54, 1.807) is 0 Å². The Kier molecular flexibility index (Phi) is 3.87. The van der Waals surface area contributed by atoms with Gasteiger partial charge in [-0.2, -0.15) is 0 Å². The molecule has 0 saturated carbocycles. The minimum atomic E-state index is -0.462. The van der Waals surface area contributed by atoms with Gasteiger partial charge in [0, 0.05) is 26.5 Å². The number of rotatable bonds is 2. The third kappa shape index (κ3) is 2.48. The van der Waals surface area contributed by atoms with Crippen LogP contribution >= 0.6 is 54.9 Å². The van der Waals surface area contributed by atoms with Crippen LogP contribution in [0.3, 0.4) is 0 Å². The van der Waals surface area contributed by atoms with Gasteiger partial charge in [-0.05, 0) is 67.1 Å². The first-order valence-corrected chi connectivity index (χ1v) is 9.37. The molecule has 2 aromatic carbocycles. The molecule has 0 N–H and O–H groups in total. The number of nitrogens with zero attached hydrogens (tertiary/aromatic N) is 4. The van der Waals surface area contributed by atoms with Crippen LogP contribution in [0.4, 0.5) is 8.78 Å². The number of aromatic nitrogens is 4. The van der Waals surface area contributed by atoms with Crippen molar-refractivity contribution in [2.24, 2.45) is 0 Å². The van der Waals surface area contributed by atoms with Crippen molar-refractivity contribution in [3.63, 3.8) is 0 Å². The van der Waals surface area contributed by atoms with Crippen molar-refractivity contribution in [1.29, 1.82) is 0 Å². The normalized spacial score (nSPS) is 11.7. The van der Waals surface area contributed by atoms with Gasteiger partial charge in [0.1, 0.15) is 22.7 Å². The van der Waals surface area contributed by atoms with Gasteiger partial charge in [-0.3, -0.25) is 0 Å². The SMILES string of the molecule is Fc1cc(Br)c2snnc2c1Cc1c(F)cc(Br)c2snnc12. The average Bonchev–Trinajstić information content (AvgIpc) is 3.15. The highest BCUT2D eigenvalue weighted by molar-refractivity contribution is 9.11. The van der Waals surface area contributed by atoms with Crippen molar-refractivity contribution in [2.75, 3.05) is 0 Å². The maximum absolute atomic E-state index is 14.4. The van der Waals surface area contributed by atoms with E-state index in [4.69, 9.17) is 0 Å². The van der Waals surface area contributed by atoms with Gasteiger partial charge < -0.3 is 0 Å². The van der Waals surface area contributed by atoms with Crippen LogP contribution in [0.2, 0.25) is 0 Å². The molecule has 0 radical (unpaired) electrons. The largest absolute Gasteiger partial charge is 0.207 e. The summed E-state index contributed by atoms with van der Waals surface area (Å²) in [5.41, 5.74) is 1.46. The standard InChI is InChI=1S/C13H4Br2F2N4S2/c14-6-2-8(16)4(10-12(6)22-20-18-10)1-5-9(17)3-7(15)13-11(5)19-21-23-13/h2-3H,1H2. The van der Waals surface area contributed by atoms with Crippen molar-refractivity contribution in [1.82, 2.24) is 19.2 Å². The van der Waals surface area contributed by atoms with Gasteiger partial charge in [0.25, 0.3) is 0 Å². The fourth-order valence-corrected chi connectivity index (χ4v) is 4.77. The quantitative estimate of drug-likeness (QED) is 0.403. The topological polar surface area (TPSA) is 51.6 Å². The summed E-state index contributed by atoms with van der Waals surface area (Å²) in [4.78, 5) is 0. The highest BCUT2D eigenvalue weighted by Crippen LogP contribution is 2.35. The number of halogens is 4. The summed E-state index contributed by atoms with van der Waals surface area (Å²) in [7, 11) is 0. The van der Waals surface area contributed by atoms with Crippen molar-refractivity contribution < 1.29 is 8.78 Å². The first-order chi connectivity index (χ1) is 11.1. The lowest BCUT2D eigenvalue weighted by molar-refractivity contribution is 0.601. The summed E-state index contributed by atoms with van der Waals surface area (Å²) < 4.78 is 39.2. The van der Waals surface area contributed by atoms with Gasteiger partial charge in [0.2, 0.25) is 0 Å². The fraction of sp³-hybridized carbons (Fsp3) is 0.0769. The number of hydrogen-bond acceptors (Lipinski definition) is 6. The van der Waals surface area contributed by atoms with E-state index in [1.165, 1.54) is 12.1 Å². The molecular formula is C13H4Br2F2N4S2. The number of hydrogen-bond donors (Lipinski definition) is 0. The Morgan fingerprint density at radius 1 is 0.826 bits per heavy atom. The molecule has 0 fully saturated rings. The Morgan fingerprint density at radius 3 is 1.70 bits per heavy atom. The summed E-state index contributed by atoms with van der Waals surface area (Å²) >= 11 is 8.90. The summed E-state index contributed by atoms with van der Waals surface area (Å²) in [6.07, 6.45) is 0.0298. The van der Waals surface area contributed by atoms with Crippen molar-refractivity contribution in [3.8, 4) is 0 Å². The molecule has 0 aliphatic heterocycles. The van der Waals surface area contributed by atoms with Gasteiger partial charge in [0.05, 0.1) is 9.40 Å². The summed E-state index contributed by atoms with van der Waals surface area (Å²) in [5, 5.41) is 7.97. The van der Waals surface area contributed by atoms with Crippen LogP contribution in [0, 0.1) is 11.6 Å². The Labute approximate surface area is 153 Å². The predicted molar refractivity (Wildman–Crippen MR) is 93.0 cm³/mol. The Balaban J connectivity index is 1.96. The Bertz CT molecular complexity index is 979. The lowest BCUT2D eigenvalue weighted by Gasteiger charge is -2.08. The van der Waals surface area contributed by atoms with E-state index in [0.29, 0.717) is 31.1 Å². The third-order valence-electron chi connectivity index (χ3n) is 3.42. The summed E-state index contributed by atoms with van der Waals surface area (Å²) in [5.74, 6) is -0.925. The van der Waals surface area contributed by atoms with Crippen LogP contribution in [0.5, 0.6) is 0 Å². The molecule has 0 aliphatic rings. The second-order valence-electron chi connectivity index (χ2n) is 4.72. The first-order valence-electron chi connectivity index (χ1n) is 6.24. The second-order valence-corrected chi connectivity index (χ2v) is 7.93. The highest BCUT2D eigenvalue weighted by Gasteiger charge is 2.20. The second kappa shape index (κ2) is 5.76. The molecule has 2 aromatic heterocycles. The zero-order valence-corrected chi connectivity index (χ0v) is 15.8. The Hall–Kier alpha value is -1.10. The summed E-state index contributed by atoms with van der Waals surface area (Å²) in [6.45, 7) is 0. The average molecular weight is 478 g/mol. The lowest BCUT2D eigenvalue weighted by atomic mass is 10.0. The predicted octanol–water partition coefficient (Wildman–Crippen LogP) is 5.09. The van der Waals surface area contributed by atoms with Crippen LogP contribution in [-0.2, 0) is 6.42 Å². The van der Waals surface area contributed by atoms with Crippen molar-refractivity contribution in [2.45, 2.75) is 6.42 Å². The molecule has 0 aliphatic carbocycles. The molecule has 0 amide bonds. The molecule has 116 valence electrons. The van der Waals surface area contributed by atoms with Gasteiger partial charge >= 0.3 is 0 Å². The van der Waals surface area contributed by atoms with Gasteiger partial charge in [0.15, 0.2) is 0 Å². The van der Waals surface area contributed by atoms with E-state index in [0.717, 1.165) is 32.5 Å². The molecule has 23 heavy (non-hydrogen) atoms. The lowest BCUT2D eigenvalue weighted by Crippen LogP contribution is -1.99. The maximum atomic E-state index is 14.4. The van der Waals surface area contributed by atoms with E-state index < -0.39 is 11.6 Å². The van der Waals surface area contributed by atoms with Crippen molar-refractivity contribution >= 4 is 75.4 Å². The Morgan fingerprint density at radius 2 is 1.26 bits per heavy atom. The molecule has 10 heteroatoms. The van der Waals surface area contributed by atoms with Gasteiger partial charge in [-0.15, -0.1) is 10.2 Å². The minimum absolute atomic E-state index is 0.0298. The molecule has 4 nitrogen and oxygen atoms in total. The smallest absolute Gasteiger partial charge is 0.130 e. The van der Waals surface area contributed by atoms with Crippen LogP contribution in [-0.4, -0.2) is 19.2 Å². The van der Waals surface area contributed by atoms with Crippen LogP contribution in [0.1, 0.15) is 11.1 Å². The molecule has 0 saturated heterocycles. The van der Waals surface area contributed by atoms with Crippen LogP contribution in [0.15, 0.2) is 21.1 Å². The van der Waals surface area contributed by atoms with Crippen LogP contribution < -0.4 is 0 Å². The molecule has 0 atom stereocenters. The van der Waals surface area contributed by atoms with E-state index in [-0.39, 0.29) is 6.42 Å². The first kappa shape index (κ1) is 15.4. The summed E-state index contributed by atoms with van der Waals surface area (Å²) in [6, 6.07) is 2.70. The van der Waals surface area contributed by atoms with Crippen molar-refractivity contribution in [3.05, 3.63) is 43.8 Å². The zero-order valence-electron chi connectivity index (χ0n) is 11.0.